The van der Waals surface area contributed by atoms with Crippen LogP contribution in [0.25, 0.3) is 0 Å². The SMILES string of the molecule is CC(NC(=O)c1ccc(Br)cc1)c1nc(C2CNCCN2C)no1. The Hall–Kier alpha value is -1.77. The minimum absolute atomic E-state index is 0.0885. The number of rotatable bonds is 4. The van der Waals surface area contributed by atoms with Gasteiger partial charge in [0, 0.05) is 29.7 Å². The van der Waals surface area contributed by atoms with E-state index in [2.05, 4.69) is 41.6 Å². The number of piperazine rings is 1. The summed E-state index contributed by atoms with van der Waals surface area (Å²) in [7, 11) is 2.04. The lowest BCUT2D eigenvalue weighted by Gasteiger charge is -2.30. The highest BCUT2D eigenvalue weighted by Crippen LogP contribution is 2.20. The Morgan fingerprint density at radius 1 is 1.46 bits per heavy atom. The first-order valence-electron chi connectivity index (χ1n) is 7.85. The molecule has 2 heterocycles. The van der Waals surface area contributed by atoms with Gasteiger partial charge in [-0.1, -0.05) is 21.1 Å². The van der Waals surface area contributed by atoms with Gasteiger partial charge in [0.25, 0.3) is 5.91 Å². The summed E-state index contributed by atoms with van der Waals surface area (Å²) < 4.78 is 6.28. The van der Waals surface area contributed by atoms with Crippen LogP contribution in [0, 0.1) is 0 Å². The number of amides is 1. The van der Waals surface area contributed by atoms with E-state index in [0.29, 0.717) is 17.3 Å². The van der Waals surface area contributed by atoms with Gasteiger partial charge in [-0.2, -0.15) is 4.98 Å². The van der Waals surface area contributed by atoms with Crippen LogP contribution in [0.4, 0.5) is 0 Å². The standard InChI is InChI=1S/C16H20BrN5O2/c1-10(19-15(23)11-3-5-12(17)6-4-11)16-20-14(21-24-16)13-9-18-7-8-22(13)2/h3-6,10,13,18H,7-9H2,1-2H3,(H,19,23). The molecule has 1 amide bonds. The summed E-state index contributed by atoms with van der Waals surface area (Å²) in [5.74, 6) is 0.880. The van der Waals surface area contributed by atoms with Gasteiger partial charge in [-0.25, -0.2) is 0 Å². The third-order valence-corrected chi connectivity index (χ3v) is 4.62. The molecule has 1 fully saturated rings. The van der Waals surface area contributed by atoms with Gasteiger partial charge in [0.2, 0.25) is 5.89 Å². The number of hydrogen-bond donors (Lipinski definition) is 2. The molecule has 2 aromatic rings. The monoisotopic (exact) mass is 393 g/mol. The van der Waals surface area contributed by atoms with Gasteiger partial charge in [0.15, 0.2) is 5.82 Å². The van der Waals surface area contributed by atoms with Crippen molar-refractivity contribution >= 4 is 21.8 Å². The van der Waals surface area contributed by atoms with Crippen molar-refractivity contribution < 1.29 is 9.32 Å². The summed E-state index contributed by atoms with van der Waals surface area (Å²) in [4.78, 5) is 18.9. The largest absolute Gasteiger partial charge is 0.341 e. The zero-order valence-electron chi connectivity index (χ0n) is 13.6. The number of nitrogens with one attached hydrogen (secondary N) is 2. The molecule has 2 atom stereocenters. The summed E-state index contributed by atoms with van der Waals surface area (Å²) in [6, 6.07) is 6.91. The lowest BCUT2D eigenvalue weighted by Crippen LogP contribution is -2.44. The Kier molecular flexibility index (Phi) is 5.27. The molecule has 1 aliphatic rings. The number of nitrogens with zero attached hydrogens (tertiary/aromatic N) is 3. The molecule has 7 nitrogen and oxygen atoms in total. The van der Waals surface area contributed by atoms with Crippen LogP contribution in [0.2, 0.25) is 0 Å². The maximum Gasteiger partial charge on any atom is 0.251 e. The molecule has 24 heavy (non-hydrogen) atoms. The Bertz CT molecular complexity index is 703. The second kappa shape index (κ2) is 7.42. The van der Waals surface area contributed by atoms with Gasteiger partial charge in [0.05, 0.1) is 6.04 Å². The van der Waals surface area contributed by atoms with Crippen LogP contribution >= 0.6 is 15.9 Å². The predicted molar refractivity (Wildman–Crippen MR) is 92.6 cm³/mol. The second-order valence-electron chi connectivity index (χ2n) is 5.89. The van der Waals surface area contributed by atoms with Crippen molar-refractivity contribution in [3.8, 4) is 0 Å². The van der Waals surface area contributed by atoms with Gasteiger partial charge in [0.1, 0.15) is 6.04 Å². The number of hydrogen-bond acceptors (Lipinski definition) is 6. The average molecular weight is 394 g/mol. The van der Waals surface area contributed by atoms with E-state index in [9.17, 15) is 4.79 Å². The molecule has 0 aliphatic carbocycles. The molecule has 1 aromatic heterocycles. The lowest BCUT2D eigenvalue weighted by molar-refractivity contribution is 0.0932. The van der Waals surface area contributed by atoms with Gasteiger partial charge in [-0.15, -0.1) is 0 Å². The maximum atomic E-state index is 12.3. The first kappa shape index (κ1) is 17.1. The molecule has 0 bridgehead atoms. The van der Waals surface area contributed by atoms with Gasteiger partial charge >= 0.3 is 0 Å². The molecule has 0 radical (unpaired) electrons. The first-order chi connectivity index (χ1) is 11.5. The molecule has 3 rings (SSSR count). The van der Waals surface area contributed by atoms with Crippen molar-refractivity contribution in [2.24, 2.45) is 0 Å². The highest BCUT2D eigenvalue weighted by molar-refractivity contribution is 9.10. The molecule has 2 unspecified atom stereocenters. The fourth-order valence-corrected chi connectivity index (χ4v) is 2.86. The van der Waals surface area contributed by atoms with Crippen molar-refractivity contribution in [2.75, 3.05) is 26.7 Å². The number of likely N-dealkylation sites (N-methyl/N-ethyl adjacent to an activating group) is 1. The Labute approximate surface area is 148 Å². The van der Waals surface area contributed by atoms with E-state index in [4.69, 9.17) is 4.52 Å². The minimum atomic E-state index is -0.357. The van der Waals surface area contributed by atoms with Crippen molar-refractivity contribution in [1.29, 1.82) is 0 Å². The normalized spacial score (nSPS) is 19.9. The molecular weight excluding hydrogens is 374 g/mol. The second-order valence-corrected chi connectivity index (χ2v) is 6.81. The minimum Gasteiger partial charge on any atom is -0.341 e. The van der Waals surface area contributed by atoms with Crippen LogP contribution in [-0.2, 0) is 0 Å². The summed E-state index contributed by atoms with van der Waals surface area (Å²) >= 11 is 3.35. The first-order valence-corrected chi connectivity index (χ1v) is 8.65. The Morgan fingerprint density at radius 3 is 2.92 bits per heavy atom. The molecule has 0 saturated carbocycles. The Balaban J connectivity index is 1.66. The Morgan fingerprint density at radius 2 is 2.21 bits per heavy atom. The van der Waals surface area contributed by atoms with Crippen molar-refractivity contribution in [3.05, 3.63) is 46.0 Å². The molecule has 1 aliphatic heterocycles. The molecule has 1 aromatic carbocycles. The van der Waals surface area contributed by atoms with Crippen molar-refractivity contribution in [3.63, 3.8) is 0 Å². The highest BCUT2D eigenvalue weighted by atomic mass is 79.9. The molecule has 1 saturated heterocycles. The van der Waals surface area contributed by atoms with Crippen LogP contribution in [0.15, 0.2) is 33.3 Å². The smallest absolute Gasteiger partial charge is 0.251 e. The van der Waals surface area contributed by atoms with Crippen LogP contribution in [0.3, 0.4) is 0 Å². The number of halogens is 1. The van der Waals surface area contributed by atoms with Crippen LogP contribution in [-0.4, -0.2) is 47.6 Å². The third-order valence-electron chi connectivity index (χ3n) is 4.09. The van der Waals surface area contributed by atoms with E-state index in [1.807, 2.05) is 26.1 Å². The van der Waals surface area contributed by atoms with Crippen molar-refractivity contribution in [1.82, 2.24) is 25.7 Å². The zero-order valence-corrected chi connectivity index (χ0v) is 15.2. The molecular formula is C16H20BrN5O2. The van der Waals surface area contributed by atoms with E-state index in [1.165, 1.54) is 0 Å². The van der Waals surface area contributed by atoms with Gasteiger partial charge in [-0.05, 0) is 38.2 Å². The third kappa shape index (κ3) is 3.82. The van der Waals surface area contributed by atoms with Crippen molar-refractivity contribution in [2.45, 2.75) is 19.0 Å². The summed E-state index contributed by atoms with van der Waals surface area (Å²) in [5.41, 5.74) is 0.584. The lowest BCUT2D eigenvalue weighted by atomic mass is 10.2. The number of carbonyl (C=O) groups is 1. The van der Waals surface area contributed by atoms with E-state index in [-0.39, 0.29) is 18.0 Å². The van der Waals surface area contributed by atoms with E-state index in [1.54, 1.807) is 12.1 Å². The summed E-state index contributed by atoms with van der Waals surface area (Å²) in [6.07, 6.45) is 0. The average Bonchev–Trinajstić information content (AvgIpc) is 3.05. The van der Waals surface area contributed by atoms with Gasteiger partial charge < -0.3 is 15.2 Å². The van der Waals surface area contributed by atoms with E-state index in [0.717, 1.165) is 24.1 Å². The molecule has 2 N–H and O–H groups in total. The molecule has 128 valence electrons. The van der Waals surface area contributed by atoms with Crippen LogP contribution in [0.5, 0.6) is 0 Å². The molecule has 8 heteroatoms. The zero-order chi connectivity index (χ0) is 17.1. The fourth-order valence-electron chi connectivity index (χ4n) is 2.60. The fraction of sp³-hybridized carbons (Fsp3) is 0.438. The van der Waals surface area contributed by atoms with Gasteiger partial charge in [-0.3, -0.25) is 9.69 Å². The maximum absolute atomic E-state index is 12.3. The van der Waals surface area contributed by atoms with E-state index < -0.39 is 0 Å². The highest BCUT2D eigenvalue weighted by Gasteiger charge is 2.26. The van der Waals surface area contributed by atoms with E-state index >= 15 is 0 Å². The van der Waals surface area contributed by atoms with Crippen LogP contribution in [0.1, 0.15) is 41.1 Å². The number of benzene rings is 1. The quantitative estimate of drug-likeness (QED) is 0.825. The summed E-state index contributed by atoms with van der Waals surface area (Å²) in [6.45, 7) is 4.51. The number of aromatic nitrogens is 2. The predicted octanol–water partition coefficient (Wildman–Crippen LogP) is 1.90. The number of carbonyl (C=O) groups excluding carboxylic acids is 1. The molecule has 0 spiro atoms. The summed E-state index contributed by atoms with van der Waals surface area (Å²) in [5, 5.41) is 10.3. The van der Waals surface area contributed by atoms with Crippen LogP contribution < -0.4 is 10.6 Å². The topological polar surface area (TPSA) is 83.3 Å².